The molecule has 2 aliphatic rings. The van der Waals surface area contributed by atoms with Crippen molar-refractivity contribution in [3.63, 3.8) is 0 Å². The minimum Gasteiger partial charge on any atom is -0.387 e. The molecule has 2 fully saturated rings. The third-order valence-electron chi connectivity index (χ3n) is 4.82. The second-order valence-corrected chi connectivity index (χ2v) is 7.10. The summed E-state index contributed by atoms with van der Waals surface area (Å²) >= 11 is 5.90. The van der Waals surface area contributed by atoms with Crippen molar-refractivity contribution in [2.24, 2.45) is 0 Å². The lowest BCUT2D eigenvalue weighted by Gasteiger charge is -2.25. The fraction of sp³-hybridized carbons (Fsp3) is 0.647. The zero-order valence-corrected chi connectivity index (χ0v) is 13.6. The Morgan fingerprint density at radius 3 is 2.57 bits per heavy atom. The first kappa shape index (κ1) is 15.3. The average Bonchev–Trinajstić information content (AvgIpc) is 3.23. The van der Waals surface area contributed by atoms with E-state index >= 15 is 0 Å². The van der Waals surface area contributed by atoms with E-state index < -0.39 is 6.10 Å². The number of aliphatic hydroxyl groups is 1. The molecule has 3 rings (SSSR count). The monoisotopic (exact) mass is 308 g/mol. The van der Waals surface area contributed by atoms with E-state index in [1.54, 1.807) is 0 Å². The lowest BCUT2D eigenvalue weighted by Crippen LogP contribution is -2.41. The number of hydrogen-bond donors (Lipinski definition) is 2. The van der Waals surface area contributed by atoms with Gasteiger partial charge in [0.2, 0.25) is 0 Å². The Kier molecular flexibility index (Phi) is 4.55. The van der Waals surface area contributed by atoms with E-state index in [0.717, 1.165) is 18.2 Å². The molecule has 1 heterocycles. The normalized spacial score (nSPS) is 29.5. The predicted octanol–water partition coefficient (Wildman–Crippen LogP) is 2.98. The molecule has 3 nitrogen and oxygen atoms in total. The number of nitrogens with zero attached hydrogens (tertiary/aromatic N) is 1. The molecule has 2 N–H and O–H groups in total. The van der Waals surface area contributed by atoms with Gasteiger partial charge in [-0.25, -0.2) is 0 Å². The van der Waals surface area contributed by atoms with E-state index in [4.69, 9.17) is 11.6 Å². The number of likely N-dealkylation sites (tertiary alicyclic amines) is 1. The van der Waals surface area contributed by atoms with E-state index in [0.29, 0.717) is 17.1 Å². The summed E-state index contributed by atoms with van der Waals surface area (Å²) in [6.45, 7) is 5.49. The number of halogens is 1. The summed E-state index contributed by atoms with van der Waals surface area (Å²) in [5.41, 5.74) is 0.921. The molecule has 0 aromatic heterocycles. The summed E-state index contributed by atoms with van der Waals surface area (Å²) in [6, 6.07) is 9.48. The summed E-state index contributed by atoms with van der Waals surface area (Å²) in [5, 5.41) is 14.8. The van der Waals surface area contributed by atoms with Crippen molar-refractivity contribution < 1.29 is 5.11 Å². The van der Waals surface area contributed by atoms with Gasteiger partial charge in [0.15, 0.2) is 0 Å². The molecule has 4 atom stereocenters. The highest BCUT2D eigenvalue weighted by Crippen LogP contribution is 2.33. The maximum atomic E-state index is 10.5. The molecule has 0 radical (unpaired) electrons. The van der Waals surface area contributed by atoms with Crippen molar-refractivity contribution in [2.75, 3.05) is 6.54 Å². The van der Waals surface area contributed by atoms with Gasteiger partial charge in [-0.1, -0.05) is 23.7 Å². The van der Waals surface area contributed by atoms with Crippen LogP contribution in [0.25, 0.3) is 0 Å². The van der Waals surface area contributed by atoms with Gasteiger partial charge >= 0.3 is 0 Å². The van der Waals surface area contributed by atoms with Gasteiger partial charge in [-0.15, -0.1) is 0 Å². The van der Waals surface area contributed by atoms with Crippen LogP contribution >= 0.6 is 11.6 Å². The zero-order valence-electron chi connectivity index (χ0n) is 12.8. The topological polar surface area (TPSA) is 35.5 Å². The molecule has 0 amide bonds. The number of rotatable bonds is 5. The number of nitrogens with one attached hydrogen (secondary N) is 1. The summed E-state index contributed by atoms with van der Waals surface area (Å²) in [7, 11) is 0. The van der Waals surface area contributed by atoms with Gasteiger partial charge in [0.05, 0.1) is 6.10 Å². The molecule has 1 saturated carbocycles. The molecule has 21 heavy (non-hydrogen) atoms. The van der Waals surface area contributed by atoms with E-state index in [1.165, 1.54) is 19.3 Å². The van der Waals surface area contributed by atoms with Gasteiger partial charge in [-0.2, -0.15) is 0 Å². The highest BCUT2D eigenvalue weighted by atomic mass is 35.5. The Balaban J connectivity index is 1.56. The third-order valence-corrected chi connectivity index (χ3v) is 5.07. The Morgan fingerprint density at radius 2 is 1.95 bits per heavy atom. The van der Waals surface area contributed by atoms with Crippen molar-refractivity contribution >= 4 is 11.6 Å². The third kappa shape index (κ3) is 3.59. The molecule has 1 saturated heterocycles. The number of hydrogen-bond acceptors (Lipinski definition) is 3. The Morgan fingerprint density at radius 1 is 1.29 bits per heavy atom. The molecular formula is C17H25ClN2O. The standard InChI is InChI=1S/C17H25ClN2O/c1-11-9-15(10-20(11)16-7-8-16)19-12(2)17(21)13-3-5-14(18)6-4-13/h3-6,11-12,15-17,19,21H,7-10H2,1-2H3. The lowest BCUT2D eigenvalue weighted by molar-refractivity contribution is 0.129. The minimum atomic E-state index is -0.493. The largest absolute Gasteiger partial charge is 0.387 e. The number of benzene rings is 1. The molecule has 1 aliphatic carbocycles. The molecule has 1 aromatic carbocycles. The summed E-state index contributed by atoms with van der Waals surface area (Å²) in [5.74, 6) is 0. The van der Waals surface area contributed by atoms with E-state index in [-0.39, 0.29) is 6.04 Å². The Labute approximate surface area is 132 Å². The van der Waals surface area contributed by atoms with Crippen molar-refractivity contribution in [3.05, 3.63) is 34.9 Å². The maximum absolute atomic E-state index is 10.5. The van der Waals surface area contributed by atoms with Crippen molar-refractivity contribution in [1.29, 1.82) is 0 Å². The van der Waals surface area contributed by atoms with Crippen LogP contribution in [0.2, 0.25) is 5.02 Å². The molecule has 116 valence electrons. The van der Waals surface area contributed by atoms with Crippen molar-refractivity contribution in [1.82, 2.24) is 10.2 Å². The van der Waals surface area contributed by atoms with Gasteiger partial charge in [-0.3, -0.25) is 4.90 Å². The quantitative estimate of drug-likeness (QED) is 0.878. The van der Waals surface area contributed by atoms with Crippen LogP contribution in [-0.4, -0.2) is 40.7 Å². The molecule has 0 spiro atoms. The first-order valence-electron chi connectivity index (χ1n) is 8.00. The van der Waals surface area contributed by atoms with Crippen molar-refractivity contribution in [2.45, 2.75) is 63.4 Å². The van der Waals surface area contributed by atoms with E-state index in [1.807, 2.05) is 24.3 Å². The molecule has 0 bridgehead atoms. The van der Waals surface area contributed by atoms with Gasteiger partial charge < -0.3 is 10.4 Å². The molecule has 1 aliphatic heterocycles. The average molecular weight is 309 g/mol. The van der Waals surface area contributed by atoms with Crippen LogP contribution in [-0.2, 0) is 0 Å². The Bertz CT molecular complexity index is 474. The molecular weight excluding hydrogens is 284 g/mol. The second-order valence-electron chi connectivity index (χ2n) is 6.66. The minimum absolute atomic E-state index is 0.0440. The fourth-order valence-corrected chi connectivity index (χ4v) is 3.63. The SMILES string of the molecule is CC(NC1CC(C)N(C2CC2)C1)C(O)c1ccc(Cl)cc1. The van der Waals surface area contributed by atoms with Crippen molar-refractivity contribution in [3.8, 4) is 0 Å². The predicted molar refractivity (Wildman–Crippen MR) is 86.6 cm³/mol. The summed E-state index contributed by atoms with van der Waals surface area (Å²) in [6.07, 6.45) is 3.40. The van der Waals surface area contributed by atoms with Gasteiger partial charge in [0, 0.05) is 35.7 Å². The van der Waals surface area contributed by atoms with Crippen LogP contribution in [0, 0.1) is 0 Å². The van der Waals surface area contributed by atoms with Crippen LogP contribution in [0.15, 0.2) is 24.3 Å². The highest BCUT2D eigenvalue weighted by molar-refractivity contribution is 6.30. The summed E-state index contributed by atoms with van der Waals surface area (Å²) < 4.78 is 0. The van der Waals surface area contributed by atoms with Crippen LogP contribution in [0.4, 0.5) is 0 Å². The summed E-state index contributed by atoms with van der Waals surface area (Å²) in [4.78, 5) is 2.62. The first-order chi connectivity index (χ1) is 10.0. The maximum Gasteiger partial charge on any atom is 0.0940 e. The van der Waals surface area contributed by atoms with Gasteiger partial charge in [0.25, 0.3) is 0 Å². The zero-order chi connectivity index (χ0) is 15.0. The van der Waals surface area contributed by atoms with Crippen LogP contribution in [0.3, 0.4) is 0 Å². The van der Waals surface area contributed by atoms with Crippen LogP contribution in [0.5, 0.6) is 0 Å². The fourth-order valence-electron chi connectivity index (χ4n) is 3.50. The van der Waals surface area contributed by atoms with Gasteiger partial charge in [0.1, 0.15) is 0 Å². The highest BCUT2D eigenvalue weighted by Gasteiger charge is 2.39. The first-order valence-corrected chi connectivity index (χ1v) is 8.37. The van der Waals surface area contributed by atoms with Crippen LogP contribution in [0.1, 0.15) is 44.8 Å². The van der Waals surface area contributed by atoms with Gasteiger partial charge in [-0.05, 0) is 50.8 Å². The molecule has 4 unspecified atom stereocenters. The van der Waals surface area contributed by atoms with Crippen LogP contribution < -0.4 is 5.32 Å². The van der Waals surface area contributed by atoms with E-state index in [2.05, 4.69) is 24.1 Å². The molecule has 4 heteroatoms. The number of aliphatic hydroxyl groups excluding tert-OH is 1. The lowest BCUT2D eigenvalue weighted by atomic mass is 10.0. The smallest absolute Gasteiger partial charge is 0.0940 e. The molecule has 1 aromatic rings. The van der Waals surface area contributed by atoms with E-state index in [9.17, 15) is 5.11 Å². The Hall–Kier alpha value is -0.610. The second kappa shape index (κ2) is 6.25.